The Morgan fingerprint density at radius 3 is 2.71 bits per heavy atom. The van der Waals surface area contributed by atoms with Gasteiger partial charge in [0, 0.05) is 5.56 Å². The van der Waals surface area contributed by atoms with Crippen molar-refractivity contribution in [1.29, 1.82) is 0 Å². The SMILES string of the molecule is Cc1cc(-c2nnc3cc(C4CCCCC4)cc(F)c3n2)n[n+]2c1=NC(C)C=2. The van der Waals surface area contributed by atoms with Crippen LogP contribution < -0.4 is 9.85 Å². The van der Waals surface area contributed by atoms with Crippen LogP contribution in [0.3, 0.4) is 0 Å². The van der Waals surface area contributed by atoms with E-state index in [4.69, 9.17) is 0 Å². The molecule has 0 N–H and O–H groups in total. The minimum atomic E-state index is -0.338. The first-order valence-electron chi connectivity index (χ1n) is 9.92. The van der Waals surface area contributed by atoms with E-state index in [1.54, 1.807) is 10.4 Å². The molecule has 0 saturated heterocycles. The van der Waals surface area contributed by atoms with E-state index in [-0.39, 0.29) is 17.4 Å². The zero-order valence-electron chi connectivity index (χ0n) is 16.1. The molecule has 1 unspecified atom stereocenters. The molecule has 3 heterocycles. The lowest BCUT2D eigenvalue weighted by atomic mass is 9.84. The van der Waals surface area contributed by atoms with Crippen molar-refractivity contribution in [3.63, 3.8) is 0 Å². The maximum Gasteiger partial charge on any atom is 0.346 e. The number of hydrogen-bond acceptors (Lipinski definition) is 5. The fraction of sp³-hybridized carbons (Fsp3) is 0.429. The Bertz CT molecular complexity index is 1200. The standard InChI is InChI=1S/C21H22FN6/c1-12-8-18(27-28-11-13(2)23-21(12)28)20-24-19-16(22)9-15(10-17(19)25-26-20)14-6-4-3-5-7-14/h8-11,13-14H,3-7H2,1-2H3/q+1. The number of benzene rings is 1. The molecule has 1 saturated carbocycles. The van der Waals surface area contributed by atoms with Crippen LogP contribution in [0, 0.1) is 19.0 Å². The largest absolute Gasteiger partial charge is 0.346 e. The third-order valence-electron chi connectivity index (χ3n) is 5.66. The molecule has 1 atom stereocenters. The summed E-state index contributed by atoms with van der Waals surface area (Å²) >= 11 is 0. The summed E-state index contributed by atoms with van der Waals surface area (Å²) in [4.78, 5) is 8.98. The maximum absolute atomic E-state index is 14.9. The summed E-state index contributed by atoms with van der Waals surface area (Å²) in [6.07, 6.45) is 7.83. The molecule has 1 aliphatic heterocycles. The van der Waals surface area contributed by atoms with Crippen molar-refractivity contribution in [2.45, 2.75) is 57.9 Å². The Hall–Kier alpha value is -2.83. The first-order chi connectivity index (χ1) is 13.6. The van der Waals surface area contributed by atoms with Crippen LogP contribution in [0.5, 0.6) is 0 Å². The molecule has 1 aliphatic carbocycles. The number of fused-ring (bicyclic) bond motifs is 2. The molecular formula is C21H22FN6+. The van der Waals surface area contributed by atoms with Crippen molar-refractivity contribution < 1.29 is 8.75 Å². The molecule has 6 nitrogen and oxygen atoms in total. The molecule has 28 heavy (non-hydrogen) atoms. The van der Waals surface area contributed by atoms with Gasteiger partial charge in [-0.25, -0.2) is 9.37 Å². The van der Waals surface area contributed by atoms with E-state index in [0.717, 1.165) is 29.5 Å². The first kappa shape index (κ1) is 17.3. The molecule has 1 aromatic carbocycles. The van der Waals surface area contributed by atoms with Crippen LogP contribution in [0.15, 0.2) is 23.2 Å². The molecule has 142 valence electrons. The van der Waals surface area contributed by atoms with Gasteiger partial charge in [-0.1, -0.05) is 29.4 Å². The van der Waals surface area contributed by atoms with E-state index < -0.39 is 0 Å². The van der Waals surface area contributed by atoms with Crippen molar-refractivity contribution >= 4 is 11.0 Å². The average Bonchev–Trinajstić information content (AvgIpc) is 3.09. The van der Waals surface area contributed by atoms with Crippen LogP contribution in [0.25, 0.3) is 22.6 Å². The predicted octanol–water partition coefficient (Wildman–Crippen LogP) is 2.90. The zero-order chi connectivity index (χ0) is 19.3. The van der Waals surface area contributed by atoms with Gasteiger partial charge in [-0.2, -0.15) is 0 Å². The van der Waals surface area contributed by atoms with Crippen LogP contribution in [0.1, 0.15) is 56.1 Å². The fourth-order valence-corrected chi connectivity index (χ4v) is 4.25. The zero-order valence-corrected chi connectivity index (χ0v) is 16.1. The average molecular weight is 377 g/mol. The highest BCUT2D eigenvalue weighted by Gasteiger charge is 2.21. The molecule has 1 fully saturated rings. The van der Waals surface area contributed by atoms with E-state index in [2.05, 4.69) is 25.3 Å². The molecule has 3 aromatic rings. The summed E-state index contributed by atoms with van der Waals surface area (Å²) in [7, 11) is 0. The second-order valence-corrected chi connectivity index (χ2v) is 7.84. The quantitative estimate of drug-likeness (QED) is 0.644. The van der Waals surface area contributed by atoms with Crippen molar-refractivity contribution in [1.82, 2.24) is 20.3 Å². The van der Waals surface area contributed by atoms with Gasteiger partial charge in [0.05, 0.1) is 0 Å². The van der Waals surface area contributed by atoms with Crippen LogP contribution in [0.2, 0.25) is 0 Å². The van der Waals surface area contributed by atoms with Gasteiger partial charge < -0.3 is 0 Å². The Morgan fingerprint density at radius 2 is 1.89 bits per heavy atom. The molecule has 0 amide bonds. The minimum Gasteiger partial charge on any atom is -0.220 e. The van der Waals surface area contributed by atoms with Crippen LogP contribution >= 0.6 is 0 Å². The van der Waals surface area contributed by atoms with Gasteiger partial charge >= 0.3 is 5.49 Å². The molecule has 0 radical (unpaired) electrons. The second-order valence-electron chi connectivity index (χ2n) is 7.84. The fourth-order valence-electron chi connectivity index (χ4n) is 4.25. The van der Waals surface area contributed by atoms with E-state index >= 15 is 0 Å². The highest BCUT2D eigenvalue weighted by molar-refractivity contribution is 5.76. The Morgan fingerprint density at radius 1 is 1.07 bits per heavy atom. The lowest BCUT2D eigenvalue weighted by Crippen LogP contribution is -2.40. The molecule has 0 bridgehead atoms. The van der Waals surface area contributed by atoms with E-state index in [1.807, 2.05) is 32.2 Å². The van der Waals surface area contributed by atoms with Crippen molar-refractivity contribution in [2.75, 3.05) is 0 Å². The monoisotopic (exact) mass is 377 g/mol. The summed E-state index contributed by atoms with van der Waals surface area (Å²) in [5.41, 5.74) is 4.13. The third kappa shape index (κ3) is 2.95. The van der Waals surface area contributed by atoms with Crippen LogP contribution in [-0.2, 0) is 0 Å². The first-order valence-corrected chi connectivity index (χ1v) is 9.92. The maximum atomic E-state index is 14.9. The van der Waals surface area contributed by atoms with E-state index in [0.29, 0.717) is 23.0 Å². The topological polar surface area (TPSA) is 69.8 Å². The van der Waals surface area contributed by atoms with Gasteiger partial charge in [0.1, 0.15) is 17.2 Å². The lowest BCUT2D eigenvalue weighted by molar-refractivity contribution is -0.589. The van der Waals surface area contributed by atoms with E-state index in [1.165, 1.54) is 19.3 Å². The summed E-state index contributed by atoms with van der Waals surface area (Å²) in [6.45, 7) is 3.97. The predicted molar refractivity (Wildman–Crippen MR) is 102 cm³/mol. The van der Waals surface area contributed by atoms with Gasteiger partial charge in [0.2, 0.25) is 5.82 Å². The Labute approximate surface area is 161 Å². The number of nitrogens with zero attached hydrogens (tertiary/aromatic N) is 6. The van der Waals surface area contributed by atoms with Gasteiger partial charge in [0.15, 0.2) is 17.6 Å². The normalized spacial score (nSPS) is 19.3. The number of halogens is 1. The summed E-state index contributed by atoms with van der Waals surface area (Å²) in [5, 5.41) is 13.1. The van der Waals surface area contributed by atoms with Gasteiger partial charge in [-0.15, -0.1) is 14.6 Å². The van der Waals surface area contributed by atoms with Crippen molar-refractivity contribution in [3.8, 4) is 11.5 Å². The van der Waals surface area contributed by atoms with E-state index in [9.17, 15) is 4.39 Å². The Kier molecular flexibility index (Phi) is 4.10. The molecule has 5 rings (SSSR count). The number of aryl methyl sites for hydroxylation is 1. The molecule has 2 aliphatic rings. The third-order valence-corrected chi connectivity index (χ3v) is 5.66. The summed E-state index contributed by atoms with van der Waals surface area (Å²) in [5.74, 6) is 0.394. The van der Waals surface area contributed by atoms with Gasteiger partial charge in [-0.05, 0) is 56.4 Å². The second kappa shape index (κ2) is 6.65. The Balaban J connectivity index is 1.59. The van der Waals surface area contributed by atoms with Gasteiger partial charge in [0.25, 0.3) is 0 Å². The van der Waals surface area contributed by atoms with Crippen LogP contribution in [0.4, 0.5) is 4.39 Å². The number of aromatic nitrogens is 5. The molecule has 0 spiro atoms. The highest BCUT2D eigenvalue weighted by atomic mass is 19.1. The van der Waals surface area contributed by atoms with Gasteiger partial charge in [-0.3, -0.25) is 0 Å². The smallest absolute Gasteiger partial charge is 0.220 e. The minimum absolute atomic E-state index is 0.0766. The highest BCUT2D eigenvalue weighted by Crippen LogP contribution is 2.34. The number of rotatable bonds is 2. The number of hydrogen-bond donors (Lipinski definition) is 0. The van der Waals surface area contributed by atoms with Crippen LogP contribution in [-0.4, -0.2) is 26.3 Å². The molecular weight excluding hydrogens is 355 g/mol. The molecule has 7 heteroatoms. The summed E-state index contributed by atoms with van der Waals surface area (Å²) < 4.78 is 16.6. The van der Waals surface area contributed by atoms with Crippen molar-refractivity contribution in [3.05, 3.63) is 46.8 Å². The van der Waals surface area contributed by atoms with Crippen molar-refractivity contribution in [2.24, 2.45) is 4.99 Å². The summed E-state index contributed by atoms with van der Waals surface area (Å²) in [6, 6.07) is 5.52. The molecule has 2 aromatic heterocycles. The lowest BCUT2D eigenvalue weighted by Gasteiger charge is -2.22.